The van der Waals surface area contributed by atoms with E-state index < -0.39 is 18.1 Å². The fourth-order valence-corrected chi connectivity index (χ4v) is 6.43. The highest BCUT2D eigenvalue weighted by atomic mass is 32.2. The quantitative estimate of drug-likeness (QED) is 0.556. The second kappa shape index (κ2) is 7.37. The second-order valence-electron chi connectivity index (χ2n) is 9.61. The van der Waals surface area contributed by atoms with Crippen LogP contribution in [0.15, 0.2) is 41.3 Å². The van der Waals surface area contributed by atoms with Crippen LogP contribution in [-0.4, -0.2) is 22.2 Å². The largest absolute Gasteiger partial charge is 0.240 e. The normalized spacial score (nSPS) is 15.6. The Morgan fingerprint density at radius 3 is 1.88 bits per heavy atom. The molecule has 5 heteroatoms. The standard InChI is InChI=1S/C20H35NO2SSi/c1-16-10-12-17(13-11-16)24(22,23)21-18(14-15-19(2,3)4)25(8,9)20(5,6)7/h10-15,18,21H,1-9H3/b15-14+. The first-order chi connectivity index (χ1) is 11.1. The minimum atomic E-state index is -3.55. The first-order valence-electron chi connectivity index (χ1n) is 8.85. The van der Waals surface area contributed by atoms with E-state index in [4.69, 9.17) is 0 Å². The zero-order valence-electron chi connectivity index (χ0n) is 17.3. The van der Waals surface area contributed by atoms with E-state index in [1.807, 2.05) is 19.1 Å². The zero-order valence-corrected chi connectivity index (χ0v) is 19.1. The van der Waals surface area contributed by atoms with E-state index in [-0.39, 0.29) is 16.1 Å². The van der Waals surface area contributed by atoms with Crippen molar-refractivity contribution in [1.82, 2.24) is 4.72 Å². The average Bonchev–Trinajstić information content (AvgIpc) is 2.41. The molecule has 1 rings (SSSR count). The van der Waals surface area contributed by atoms with Gasteiger partial charge in [-0.2, -0.15) is 0 Å². The third kappa shape index (κ3) is 6.08. The van der Waals surface area contributed by atoms with Gasteiger partial charge in [-0.15, -0.1) is 0 Å². The summed E-state index contributed by atoms with van der Waals surface area (Å²) in [6.45, 7) is 19.5. The molecule has 3 nitrogen and oxygen atoms in total. The van der Waals surface area contributed by atoms with Crippen LogP contribution in [0.2, 0.25) is 18.1 Å². The molecule has 0 aromatic heterocycles. The predicted molar refractivity (Wildman–Crippen MR) is 111 cm³/mol. The smallest absolute Gasteiger partial charge is 0.207 e. The molecule has 1 unspecified atom stereocenters. The Labute approximate surface area is 156 Å². The predicted octanol–water partition coefficient (Wildman–Crippen LogP) is 5.29. The van der Waals surface area contributed by atoms with Crippen molar-refractivity contribution >= 4 is 18.1 Å². The molecule has 0 saturated carbocycles. The Bertz CT molecular complexity index is 706. The number of aryl methyl sites for hydroxylation is 1. The number of nitrogens with one attached hydrogen (secondary N) is 1. The molecule has 25 heavy (non-hydrogen) atoms. The van der Waals surface area contributed by atoms with Crippen LogP contribution in [0.5, 0.6) is 0 Å². The van der Waals surface area contributed by atoms with Crippen LogP contribution in [0, 0.1) is 12.3 Å². The topological polar surface area (TPSA) is 46.2 Å². The Morgan fingerprint density at radius 2 is 1.48 bits per heavy atom. The molecule has 0 spiro atoms. The molecule has 0 amide bonds. The molecule has 0 saturated heterocycles. The first-order valence-corrected chi connectivity index (χ1v) is 13.4. The molecule has 0 aliphatic heterocycles. The maximum Gasteiger partial charge on any atom is 0.240 e. The summed E-state index contributed by atoms with van der Waals surface area (Å²) >= 11 is 0. The van der Waals surface area contributed by atoms with Gasteiger partial charge in [-0.25, -0.2) is 13.1 Å². The number of hydrogen-bond donors (Lipinski definition) is 1. The highest BCUT2D eigenvalue weighted by molar-refractivity contribution is 7.89. The van der Waals surface area contributed by atoms with Gasteiger partial charge in [0.2, 0.25) is 10.0 Å². The highest BCUT2D eigenvalue weighted by Crippen LogP contribution is 2.39. The number of benzene rings is 1. The highest BCUT2D eigenvalue weighted by Gasteiger charge is 2.43. The van der Waals surface area contributed by atoms with Crippen LogP contribution >= 0.6 is 0 Å². The van der Waals surface area contributed by atoms with Crippen molar-refractivity contribution in [2.45, 2.75) is 77.2 Å². The van der Waals surface area contributed by atoms with Gasteiger partial charge in [-0.3, -0.25) is 0 Å². The third-order valence-electron chi connectivity index (χ3n) is 5.11. The van der Waals surface area contributed by atoms with E-state index in [9.17, 15) is 8.42 Å². The lowest BCUT2D eigenvalue weighted by Gasteiger charge is -2.42. The van der Waals surface area contributed by atoms with Crippen molar-refractivity contribution < 1.29 is 8.42 Å². The molecule has 142 valence electrons. The summed E-state index contributed by atoms with van der Waals surface area (Å²) in [5, 5.41) is 0.0652. The van der Waals surface area contributed by atoms with Gasteiger partial charge in [-0.05, 0) is 29.5 Å². The first kappa shape index (κ1) is 22.1. The average molecular weight is 382 g/mol. The van der Waals surface area contributed by atoms with E-state index in [0.29, 0.717) is 4.90 Å². The van der Waals surface area contributed by atoms with Gasteiger partial charge in [0, 0.05) is 5.67 Å². The van der Waals surface area contributed by atoms with Crippen molar-refractivity contribution in [2.75, 3.05) is 0 Å². The summed E-state index contributed by atoms with van der Waals surface area (Å²) in [6, 6.07) is 7.02. The van der Waals surface area contributed by atoms with Gasteiger partial charge >= 0.3 is 0 Å². The van der Waals surface area contributed by atoms with Gasteiger partial charge < -0.3 is 0 Å². The lowest BCUT2D eigenvalue weighted by molar-refractivity contribution is 0.539. The van der Waals surface area contributed by atoms with Gasteiger partial charge in [-0.1, -0.05) is 84.5 Å². The van der Waals surface area contributed by atoms with Crippen molar-refractivity contribution in [1.29, 1.82) is 0 Å². The second-order valence-corrected chi connectivity index (χ2v) is 16.9. The van der Waals surface area contributed by atoms with Crippen LogP contribution in [0.1, 0.15) is 47.1 Å². The lowest BCUT2D eigenvalue weighted by atomic mass is 9.96. The molecule has 0 heterocycles. The minimum absolute atomic E-state index is 0.00984. The van der Waals surface area contributed by atoms with Crippen LogP contribution in [0.25, 0.3) is 0 Å². The van der Waals surface area contributed by atoms with Crippen LogP contribution in [-0.2, 0) is 10.0 Å². The molecule has 1 aromatic rings. The fraction of sp³-hybridized carbons (Fsp3) is 0.600. The molecule has 1 aromatic carbocycles. The van der Waals surface area contributed by atoms with Crippen LogP contribution < -0.4 is 4.72 Å². The van der Waals surface area contributed by atoms with E-state index in [0.717, 1.165) is 5.56 Å². The van der Waals surface area contributed by atoms with Gasteiger partial charge in [0.1, 0.15) is 0 Å². The van der Waals surface area contributed by atoms with Gasteiger partial charge in [0.05, 0.1) is 13.0 Å². The molecule has 0 radical (unpaired) electrons. The zero-order chi connectivity index (χ0) is 19.7. The fourth-order valence-electron chi connectivity index (χ4n) is 2.23. The lowest BCUT2D eigenvalue weighted by Crippen LogP contribution is -2.56. The number of rotatable bonds is 5. The molecule has 0 fully saturated rings. The molecular formula is C20H35NO2SSi. The molecule has 1 N–H and O–H groups in total. The van der Waals surface area contributed by atoms with Crippen LogP contribution in [0.3, 0.4) is 0 Å². The molecule has 0 aliphatic carbocycles. The summed E-state index contributed by atoms with van der Waals surface area (Å²) < 4.78 is 28.9. The van der Waals surface area contributed by atoms with Crippen molar-refractivity contribution in [2.24, 2.45) is 5.41 Å². The maximum atomic E-state index is 12.9. The SMILES string of the molecule is Cc1ccc(S(=O)(=O)NC(/C=C/C(C)(C)C)[Si](C)(C)C(C)(C)C)cc1. The summed E-state index contributed by atoms with van der Waals surface area (Å²) in [6.07, 6.45) is 4.19. The summed E-state index contributed by atoms with van der Waals surface area (Å²) in [5.74, 6) is 0. The Balaban J connectivity index is 3.29. The molecular weight excluding hydrogens is 346 g/mol. The number of hydrogen-bond acceptors (Lipinski definition) is 2. The van der Waals surface area contributed by atoms with E-state index >= 15 is 0 Å². The van der Waals surface area contributed by atoms with E-state index in [2.05, 4.69) is 71.5 Å². The van der Waals surface area contributed by atoms with Gasteiger partial charge in [0.25, 0.3) is 0 Å². The maximum absolute atomic E-state index is 12.9. The Morgan fingerprint density at radius 1 is 1.00 bits per heavy atom. The van der Waals surface area contributed by atoms with Crippen molar-refractivity contribution in [3.8, 4) is 0 Å². The monoisotopic (exact) mass is 381 g/mol. The minimum Gasteiger partial charge on any atom is -0.207 e. The molecule has 1 atom stereocenters. The van der Waals surface area contributed by atoms with Crippen LogP contribution in [0.4, 0.5) is 0 Å². The third-order valence-corrected chi connectivity index (χ3v) is 12.5. The number of sulfonamides is 1. The van der Waals surface area contributed by atoms with Crippen molar-refractivity contribution in [3.63, 3.8) is 0 Å². The summed E-state index contributed by atoms with van der Waals surface area (Å²) in [7, 11) is -5.52. The van der Waals surface area contributed by atoms with Gasteiger partial charge in [0.15, 0.2) is 0 Å². The number of allylic oxidation sites excluding steroid dienone is 1. The van der Waals surface area contributed by atoms with E-state index in [1.54, 1.807) is 12.1 Å². The van der Waals surface area contributed by atoms with Crippen molar-refractivity contribution in [3.05, 3.63) is 42.0 Å². The molecule has 0 bridgehead atoms. The Kier molecular flexibility index (Phi) is 6.53. The summed E-state index contributed by atoms with van der Waals surface area (Å²) in [4.78, 5) is 0.325. The summed E-state index contributed by atoms with van der Waals surface area (Å²) in [5.41, 5.74) is 0.890. The molecule has 0 aliphatic rings. The Hall–Kier alpha value is -0.913. The van der Waals surface area contributed by atoms with E-state index in [1.165, 1.54) is 0 Å².